The minimum atomic E-state index is -1.30. The van der Waals surface area contributed by atoms with E-state index in [1.165, 1.54) is 13.3 Å². The van der Waals surface area contributed by atoms with E-state index in [9.17, 15) is 30.3 Å². The Morgan fingerprint density at radius 1 is 0.936 bits per heavy atom. The largest absolute Gasteiger partial charge is 0.457 e. The first kappa shape index (κ1) is 34.6. The van der Waals surface area contributed by atoms with E-state index in [4.69, 9.17) is 18.9 Å². The fourth-order valence-electron chi connectivity index (χ4n) is 13.7. The van der Waals surface area contributed by atoms with E-state index in [1.54, 1.807) is 13.8 Å². The topological polar surface area (TPSA) is 155 Å². The van der Waals surface area contributed by atoms with Crippen molar-refractivity contribution < 1.29 is 49.3 Å². The second-order valence-electron chi connectivity index (χ2n) is 18.6. The summed E-state index contributed by atoms with van der Waals surface area (Å²) in [6.07, 6.45) is 0.712. The number of aliphatic hydroxyl groups excluding tert-OH is 4. The van der Waals surface area contributed by atoms with Crippen molar-refractivity contribution in [3.63, 3.8) is 0 Å². The molecule has 10 heteroatoms. The van der Waals surface area contributed by atoms with E-state index >= 15 is 0 Å². The van der Waals surface area contributed by atoms with Gasteiger partial charge < -0.3 is 44.5 Å². The molecule has 7 rings (SSSR count). The molecule has 5 N–H and O–H groups in total. The van der Waals surface area contributed by atoms with Crippen molar-refractivity contribution in [3.05, 3.63) is 0 Å². The van der Waals surface area contributed by atoms with Crippen LogP contribution in [-0.2, 0) is 23.7 Å². The van der Waals surface area contributed by atoms with Crippen molar-refractivity contribution in [3.8, 4) is 0 Å². The Labute approximate surface area is 279 Å². The van der Waals surface area contributed by atoms with Crippen LogP contribution in [0.15, 0.2) is 0 Å². The van der Waals surface area contributed by atoms with Gasteiger partial charge in [-0.15, -0.1) is 0 Å². The van der Waals surface area contributed by atoms with Crippen molar-refractivity contribution in [2.45, 2.75) is 167 Å². The lowest BCUT2D eigenvalue weighted by atomic mass is 9.41. The maximum absolute atomic E-state index is 12.5. The minimum absolute atomic E-state index is 0.0683. The van der Waals surface area contributed by atoms with Crippen LogP contribution in [0.3, 0.4) is 0 Å². The fourth-order valence-corrected chi connectivity index (χ4v) is 13.7. The molecule has 0 amide bonds. The molecule has 7 aliphatic rings. The van der Waals surface area contributed by atoms with Crippen molar-refractivity contribution in [1.82, 2.24) is 0 Å². The fraction of sp³-hybridized carbons (Fsp3) is 0.973. The van der Waals surface area contributed by atoms with Crippen molar-refractivity contribution in [2.75, 3.05) is 6.61 Å². The van der Waals surface area contributed by atoms with Crippen LogP contribution < -0.4 is 0 Å². The first-order valence-corrected chi connectivity index (χ1v) is 18.3. The summed E-state index contributed by atoms with van der Waals surface area (Å²) in [5.41, 5.74) is -1.61. The van der Waals surface area contributed by atoms with Crippen LogP contribution in [-0.4, -0.2) is 98.8 Å². The molecule has 47 heavy (non-hydrogen) atoms. The predicted octanol–water partition coefficient (Wildman–Crippen LogP) is 3.33. The van der Waals surface area contributed by atoms with Crippen LogP contribution in [0.1, 0.15) is 107 Å². The van der Waals surface area contributed by atoms with Gasteiger partial charge >= 0.3 is 5.97 Å². The van der Waals surface area contributed by atoms with E-state index in [0.29, 0.717) is 18.3 Å². The molecule has 0 radical (unpaired) electrons. The predicted molar refractivity (Wildman–Crippen MR) is 171 cm³/mol. The minimum Gasteiger partial charge on any atom is -0.457 e. The third-order valence-corrected chi connectivity index (χ3v) is 15.8. The molecule has 10 nitrogen and oxygen atoms in total. The number of ether oxygens (including phenoxy) is 4. The second kappa shape index (κ2) is 10.8. The van der Waals surface area contributed by atoms with Crippen LogP contribution in [0.4, 0.5) is 0 Å². The lowest BCUT2D eigenvalue weighted by Gasteiger charge is -2.64. The first-order chi connectivity index (χ1) is 21.8. The number of rotatable bonds is 5. The molecule has 268 valence electrons. The highest BCUT2D eigenvalue weighted by molar-refractivity contribution is 5.66. The number of carbonyl (C=O) groups is 1. The van der Waals surface area contributed by atoms with Crippen LogP contribution in [0.2, 0.25) is 0 Å². The summed E-state index contributed by atoms with van der Waals surface area (Å²) in [5.74, 6) is 0.717. The van der Waals surface area contributed by atoms with Gasteiger partial charge in [-0.1, -0.05) is 34.6 Å². The molecule has 2 saturated heterocycles. The van der Waals surface area contributed by atoms with Crippen LogP contribution in [0, 0.1) is 50.7 Å². The normalized spacial score (nSPS) is 55.4. The lowest BCUT2D eigenvalue weighted by Crippen LogP contribution is -2.61. The Hall–Kier alpha value is -0.850. The van der Waals surface area contributed by atoms with E-state index in [1.807, 2.05) is 0 Å². The molecule has 7 fully saturated rings. The summed E-state index contributed by atoms with van der Waals surface area (Å²) < 4.78 is 24.6. The molecular formula is C37H60O10. The molecule has 2 aliphatic heterocycles. The Balaban J connectivity index is 1.14. The number of hydrogen-bond acceptors (Lipinski definition) is 10. The van der Waals surface area contributed by atoms with E-state index in [2.05, 4.69) is 34.6 Å². The molecule has 0 aromatic carbocycles. The Morgan fingerprint density at radius 3 is 2.26 bits per heavy atom. The Bertz CT molecular complexity index is 1250. The summed E-state index contributed by atoms with van der Waals surface area (Å²) in [6, 6.07) is 0. The van der Waals surface area contributed by atoms with E-state index in [-0.39, 0.29) is 51.6 Å². The SMILES string of the molecule is CC(=O)O[C@@H]([C@H]1C[C@@H](C)[C@H]2[C@H](O1)[C@H](O)[C@@]1(C)[C@@H]3CC[C@H]4C(C)(C)[C@@H](O[C@@H]5OC[C@@H](O)[C@H](O)[C@H]5O)CC[C@@]45C[C@@]35CC[C@]21C)C(C)(C)O. The van der Waals surface area contributed by atoms with Gasteiger partial charge in [0.1, 0.15) is 18.3 Å². The van der Waals surface area contributed by atoms with Gasteiger partial charge in [-0.25, -0.2) is 0 Å². The van der Waals surface area contributed by atoms with Gasteiger partial charge in [0.05, 0.1) is 36.6 Å². The molecule has 0 unspecified atom stereocenters. The molecule has 2 spiro atoms. The molecule has 0 bridgehead atoms. The number of esters is 1. The van der Waals surface area contributed by atoms with Crippen molar-refractivity contribution >= 4 is 5.97 Å². The molecular weight excluding hydrogens is 604 g/mol. The quantitative estimate of drug-likeness (QED) is 0.218. The van der Waals surface area contributed by atoms with Crippen LogP contribution in [0.25, 0.3) is 0 Å². The van der Waals surface area contributed by atoms with Gasteiger partial charge in [0, 0.05) is 12.3 Å². The lowest BCUT2D eigenvalue weighted by molar-refractivity contribution is -0.303. The van der Waals surface area contributed by atoms with Gasteiger partial charge in [0.15, 0.2) is 12.4 Å². The summed E-state index contributed by atoms with van der Waals surface area (Å²) in [4.78, 5) is 12.1. The van der Waals surface area contributed by atoms with Crippen molar-refractivity contribution in [2.24, 2.45) is 50.7 Å². The highest BCUT2D eigenvalue weighted by Gasteiger charge is 2.84. The van der Waals surface area contributed by atoms with E-state index < -0.39 is 60.6 Å². The average molecular weight is 665 g/mol. The molecule has 0 aromatic heterocycles. The molecule has 5 aliphatic carbocycles. The van der Waals surface area contributed by atoms with Gasteiger partial charge in [0.25, 0.3) is 0 Å². The number of fused-ring (bicyclic) bond motifs is 4. The molecule has 5 saturated carbocycles. The zero-order valence-corrected chi connectivity index (χ0v) is 29.6. The van der Waals surface area contributed by atoms with Crippen LogP contribution >= 0.6 is 0 Å². The van der Waals surface area contributed by atoms with Gasteiger partial charge in [-0.05, 0) is 111 Å². The van der Waals surface area contributed by atoms with Gasteiger partial charge in [-0.3, -0.25) is 4.79 Å². The maximum atomic E-state index is 12.5. The molecule has 0 aromatic rings. The number of aliphatic hydroxyl groups is 5. The standard InChI is InChI=1S/C37H60O10/c1-18-15-21(30(33(5,6)43)45-19(2)38)46-28-25(18)34(7)13-14-37-17-36(37)12-11-24(47-31-27(41)26(40)20(39)16-44-31)32(3,4)22(36)9-10-23(37)35(34,8)29(28)42/h18,20-31,39-43H,9-17H2,1-8H3/t18-,20-,21-,22+,23+,24+,25+,26+,27-,28+,29+,30+,31+,34-,35-,36-,37+/m1/s1. The first-order valence-electron chi connectivity index (χ1n) is 18.3. The third-order valence-electron chi connectivity index (χ3n) is 15.8. The monoisotopic (exact) mass is 664 g/mol. The number of hydrogen-bond donors (Lipinski definition) is 5. The van der Waals surface area contributed by atoms with Crippen molar-refractivity contribution in [1.29, 1.82) is 0 Å². The Morgan fingerprint density at radius 2 is 1.60 bits per heavy atom. The summed E-state index contributed by atoms with van der Waals surface area (Å²) in [5, 5.41) is 54.3. The van der Waals surface area contributed by atoms with E-state index in [0.717, 1.165) is 38.5 Å². The smallest absolute Gasteiger partial charge is 0.303 e. The average Bonchev–Trinajstić information content (AvgIpc) is 3.61. The molecule has 17 atom stereocenters. The highest BCUT2D eigenvalue weighted by Crippen LogP contribution is 2.89. The van der Waals surface area contributed by atoms with Gasteiger partial charge in [-0.2, -0.15) is 0 Å². The number of carbonyl (C=O) groups excluding carboxylic acids is 1. The summed E-state index contributed by atoms with van der Waals surface area (Å²) in [6.45, 7) is 16.2. The zero-order valence-electron chi connectivity index (χ0n) is 29.6. The summed E-state index contributed by atoms with van der Waals surface area (Å²) >= 11 is 0. The highest BCUT2D eigenvalue weighted by atomic mass is 16.7. The van der Waals surface area contributed by atoms with Gasteiger partial charge in [0.2, 0.25) is 0 Å². The third kappa shape index (κ3) is 4.54. The zero-order chi connectivity index (χ0) is 34.3. The maximum Gasteiger partial charge on any atom is 0.303 e. The molecule has 2 heterocycles. The Kier molecular flexibility index (Phi) is 7.97. The summed E-state index contributed by atoms with van der Waals surface area (Å²) in [7, 11) is 0. The second-order valence-corrected chi connectivity index (χ2v) is 18.6. The van der Waals surface area contributed by atoms with Crippen LogP contribution in [0.5, 0.6) is 0 Å².